The van der Waals surface area contributed by atoms with Crippen LogP contribution in [0.15, 0.2) is 0 Å². The molecule has 0 radical (unpaired) electrons. The molecule has 0 heterocycles. The monoisotopic (exact) mass is 199 g/mol. The van der Waals surface area contributed by atoms with Gasteiger partial charge in [-0.2, -0.15) is 0 Å². The molecular weight excluding hydrogens is 170 g/mol. The lowest BCUT2D eigenvalue weighted by atomic mass is 10.0. The minimum absolute atomic E-state index is 0.763. The maximum atomic E-state index is 3.40. The molecule has 1 unspecified atom stereocenters. The predicted octanol–water partition coefficient (Wildman–Crippen LogP) is 3.98. The second kappa shape index (κ2) is 9.51. The molecule has 0 spiro atoms. The van der Waals surface area contributed by atoms with E-state index in [-0.39, 0.29) is 0 Å². The molecule has 0 aliphatic heterocycles. The van der Waals surface area contributed by atoms with E-state index in [1.54, 1.807) is 0 Å². The fourth-order valence-electron chi connectivity index (χ4n) is 1.90. The van der Waals surface area contributed by atoms with Crippen LogP contribution in [-0.2, 0) is 0 Å². The van der Waals surface area contributed by atoms with Crippen molar-refractivity contribution in [1.82, 2.24) is 5.32 Å². The lowest BCUT2D eigenvalue weighted by Gasteiger charge is -2.14. The van der Waals surface area contributed by atoms with E-state index >= 15 is 0 Å². The summed E-state index contributed by atoms with van der Waals surface area (Å²) in [6, 6.07) is 0.763. The third-order valence-electron chi connectivity index (χ3n) is 2.88. The summed E-state index contributed by atoms with van der Waals surface area (Å²) in [5.41, 5.74) is 0. The van der Waals surface area contributed by atoms with Gasteiger partial charge in [0, 0.05) is 6.04 Å². The first kappa shape index (κ1) is 14.0. The Kier molecular flexibility index (Phi) is 9.49. The van der Waals surface area contributed by atoms with Crippen molar-refractivity contribution in [2.45, 2.75) is 71.8 Å². The van der Waals surface area contributed by atoms with E-state index in [1.807, 2.05) is 0 Å². The van der Waals surface area contributed by atoms with Crippen molar-refractivity contribution in [2.75, 3.05) is 7.05 Å². The average molecular weight is 199 g/mol. The fourth-order valence-corrected chi connectivity index (χ4v) is 1.90. The smallest absolute Gasteiger partial charge is 0.00639 e. The van der Waals surface area contributed by atoms with Crippen molar-refractivity contribution in [2.24, 2.45) is 5.92 Å². The van der Waals surface area contributed by atoms with Crippen LogP contribution in [0.2, 0.25) is 0 Å². The summed E-state index contributed by atoms with van der Waals surface area (Å²) in [6.45, 7) is 6.89. The van der Waals surface area contributed by atoms with Gasteiger partial charge in [0.05, 0.1) is 0 Å². The van der Waals surface area contributed by atoms with E-state index in [0.29, 0.717) is 0 Å². The topological polar surface area (TPSA) is 12.0 Å². The molecule has 0 amide bonds. The van der Waals surface area contributed by atoms with Crippen molar-refractivity contribution in [1.29, 1.82) is 0 Å². The van der Waals surface area contributed by atoms with Crippen molar-refractivity contribution < 1.29 is 0 Å². The largest absolute Gasteiger partial charge is 0.317 e. The Morgan fingerprint density at radius 2 is 1.57 bits per heavy atom. The van der Waals surface area contributed by atoms with Crippen molar-refractivity contribution >= 4 is 0 Å². The Balaban J connectivity index is 3.24. The van der Waals surface area contributed by atoms with Crippen LogP contribution in [0.25, 0.3) is 0 Å². The van der Waals surface area contributed by atoms with Crippen LogP contribution < -0.4 is 5.32 Å². The van der Waals surface area contributed by atoms with E-state index in [1.165, 1.54) is 44.9 Å². The Hall–Kier alpha value is -0.0400. The maximum Gasteiger partial charge on any atom is 0.00639 e. The first-order chi connectivity index (χ1) is 6.70. The minimum atomic E-state index is 0.763. The molecular formula is C13H29N. The quantitative estimate of drug-likeness (QED) is 0.554. The summed E-state index contributed by atoms with van der Waals surface area (Å²) in [7, 11) is 2.09. The summed E-state index contributed by atoms with van der Waals surface area (Å²) < 4.78 is 0. The van der Waals surface area contributed by atoms with Crippen molar-refractivity contribution in [3.8, 4) is 0 Å². The Bertz CT molecular complexity index is 110. The van der Waals surface area contributed by atoms with Crippen LogP contribution in [0, 0.1) is 5.92 Å². The van der Waals surface area contributed by atoms with Gasteiger partial charge in [-0.1, -0.05) is 52.9 Å². The molecule has 1 nitrogen and oxygen atoms in total. The molecule has 0 aromatic heterocycles. The van der Waals surface area contributed by atoms with Crippen LogP contribution >= 0.6 is 0 Å². The fraction of sp³-hybridized carbons (Fsp3) is 1.00. The normalized spacial score (nSPS) is 13.5. The molecule has 0 rings (SSSR count). The molecule has 14 heavy (non-hydrogen) atoms. The van der Waals surface area contributed by atoms with Gasteiger partial charge >= 0.3 is 0 Å². The Labute approximate surface area is 90.7 Å². The highest BCUT2D eigenvalue weighted by Crippen LogP contribution is 2.12. The molecule has 86 valence electrons. The number of nitrogens with one attached hydrogen (secondary N) is 1. The van der Waals surface area contributed by atoms with Crippen LogP contribution in [0.1, 0.15) is 65.7 Å². The molecule has 0 saturated heterocycles. The molecule has 0 aromatic carbocycles. The minimum Gasteiger partial charge on any atom is -0.317 e. The van der Waals surface area contributed by atoms with Gasteiger partial charge in [0.1, 0.15) is 0 Å². The average Bonchev–Trinajstić information content (AvgIpc) is 2.15. The molecule has 0 bridgehead atoms. The van der Waals surface area contributed by atoms with Gasteiger partial charge in [-0.25, -0.2) is 0 Å². The second-order valence-corrected chi connectivity index (χ2v) is 4.81. The summed E-state index contributed by atoms with van der Waals surface area (Å²) in [5, 5.41) is 3.40. The van der Waals surface area contributed by atoms with Gasteiger partial charge in [-0.3, -0.25) is 0 Å². The zero-order valence-electron chi connectivity index (χ0n) is 10.6. The van der Waals surface area contributed by atoms with Gasteiger partial charge < -0.3 is 5.32 Å². The van der Waals surface area contributed by atoms with Gasteiger partial charge in [0.15, 0.2) is 0 Å². The zero-order valence-corrected chi connectivity index (χ0v) is 10.6. The number of hydrogen-bond donors (Lipinski definition) is 1. The highest BCUT2D eigenvalue weighted by Gasteiger charge is 2.03. The van der Waals surface area contributed by atoms with Gasteiger partial charge in [-0.15, -0.1) is 0 Å². The van der Waals surface area contributed by atoms with Crippen LogP contribution in [-0.4, -0.2) is 13.1 Å². The Morgan fingerprint density at radius 1 is 0.929 bits per heavy atom. The summed E-state index contributed by atoms with van der Waals surface area (Å²) in [6.07, 6.45) is 9.64. The highest BCUT2D eigenvalue weighted by molar-refractivity contribution is 4.63. The molecule has 0 aromatic rings. The summed E-state index contributed by atoms with van der Waals surface area (Å²) >= 11 is 0. The van der Waals surface area contributed by atoms with Crippen LogP contribution in [0.3, 0.4) is 0 Å². The molecule has 1 heteroatoms. The van der Waals surface area contributed by atoms with E-state index in [9.17, 15) is 0 Å². The van der Waals surface area contributed by atoms with Crippen molar-refractivity contribution in [3.63, 3.8) is 0 Å². The lowest BCUT2D eigenvalue weighted by molar-refractivity contribution is 0.445. The van der Waals surface area contributed by atoms with E-state index in [2.05, 4.69) is 33.1 Å². The predicted molar refractivity (Wildman–Crippen MR) is 65.7 cm³/mol. The lowest BCUT2D eigenvalue weighted by Crippen LogP contribution is -2.24. The molecule has 0 fully saturated rings. The number of hydrogen-bond acceptors (Lipinski definition) is 1. The van der Waals surface area contributed by atoms with Gasteiger partial charge in [0.25, 0.3) is 0 Å². The second-order valence-electron chi connectivity index (χ2n) is 4.81. The first-order valence-corrected chi connectivity index (χ1v) is 6.38. The third-order valence-corrected chi connectivity index (χ3v) is 2.88. The summed E-state index contributed by atoms with van der Waals surface area (Å²) in [4.78, 5) is 0. The van der Waals surface area contributed by atoms with Crippen LogP contribution in [0.4, 0.5) is 0 Å². The SMILES string of the molecule is CCCC(CCCCCC(C)C)NC. The molecule has 0 aliphatic carbocycles. The molecule has 0 saturated carbocycles. The van der Waals surface area contributed by atoms with E-state index in [4.69, 9.17) is 0 Å². The number of unbranched alkanes of at least 4 members (excludes halogenated alkanes) is 2. The van der Waals surface area contributed by atoms with E-state index < -0.39 is 0 Å². The van der Waals surface area contributed by atoms with Crippen LogP contribution in [0.5, 0.6) is 0 Å². The highest BCUT2D eigenvalue weighted by atomic mass is 14.9. The Morgan fingerprint density at radius 3 is 2.07 bits per heavy atom. The summed E-state index contributed by atoms with van der Waals surface area (Å²) in [5.74, 6) is 0.880. The van der Waals surface area contributed by atoms with Gasteiger partial charge in [0.2, 0.25) is 0 Å². The first-order valence-electron chi connectivity index (χ1n) is 6.38. The number of rotatable bonds is 9. The van der Waals surface area contributed by atoms with Crippen molar-refractivity contribution in [3.05, 3.63) is 0 Å². The maximum absolute atomic E-state index is 3.40. The third kappa shape index (κ3) is 8.55. The van der Waals surface area contributed by atoms with Gasteiger partial charge in [-0.05, 0) is 25.8 Å². The molecule has 1 atom stereocenters. The molecule has 1 N–H and O–H groups in total. The standard InChI is InChI=1S/C13H29N/c1-5-9-13(14-4)11-8-6-7-10-12(2)3/h12-14H,5-11H2,1-4H3. The molecule has 0 aliphatic rings. The van der Waals surface area contributed by atoms with E-state index in [0.717, 1.165) is 12.0 Å². The zero-order chi connectivity index (χ0) is 10.8.